The maximum Gasteiger partial charge on any atom is 0.255 e. The van der Waals surface area contributed by atoms with Crippen molar-refractivity contribution >= 4 is 28.9 Å². The van der Waals surface area contributed by atoms with Gasteiger partial charge in [0.1, 0.15) is 5.75 Å². The first-order valence-corrected chi connectivity index (χ1v) is 10.8. The van der Waals surface area contributed by atoms with Crippen LogP contribution in [0.2, 0.25) is 5.02 Å². The molecule has 2 bridgehead atoms. The molecule has 1 amide bonds. The van der Waals surface area contributed by atoms with Crippen LogP contribution in [0.25, 0.3) is 11.3 Å². The summed E-state index contributed by atoms with van der Waals surface area (Å²) in [4.78, 5) is 20.8. The van der Waals surface area contributed by atoms with Crippen LogP contribution >= 0.6 is 11.6 Å². The number of aromatic amines is 1. The molecular weight excluding hydrogens is 416 g/mol. The summed E-state index contributed by atoms with van der Waals surface area (Å²) in [5.74, 6) is 1.31. The number of rotatable bonds is 3. The van der Waals surface area contributed by atoms with Crippen LogP contribution in [-0.2, 0) is 0 Å². The maximum atomic E-state index is 13.0. The predicted octanol–water partition coefficient (Wildman–Crippen LogP) is 4.87. The van der Waals surface area contributed by atoms with E-state index in [2.05, 4.69) is 20.6 Å². The highest BCUT2D eigenvalue weighted by molar-refractivity contribution is 6.32. The van der Waals surface area contributed by atoms with Crippen molar-refractivity contribution in [3.63, 3.8) is 0 Å². The van der Waals surface area contributed by atoms with Gasteiger partial charge in [-0.3, -0.25) is 9.78 Å². The van der Waals surface area contributed by atoms with E-state index < -0.39 is 0 Å². The van der Waals surface area contributed by atoms with Crippen LogP contribution in [0.5, 0.6) is 11.5 Å². The third-order valence-corrected chi connectivity index (χ3v) is 6.16. The molecule has 1 aromatic carbocycles. The number of pyridine rings is 1. The van der Waals surface area contributed by atoms with Gasteiger partial charge in [-0.2, -0.15) is 0 Å². The first kappa shape index (κ1) is 19.8. The smallest absolute Gasteiger partial charge is 0.255 e. The molecule has 2 aliphatic rings. The number of fused-ring (bicyclic) bond motifs is 3. The molecular formula is C23H23ClN4O3. The van der Waals surface area contributed by atoms with E-state index in [4.69, 9.17) is 21.1 Å². The van der Waals surface area contributed by atoms with Gasteiger partial charge in [0.25, 0.3) is 5.91 Å². The second kappa shape index (κ2) is 8.15. The quantitative estimate of drug-likeness (QED) is 0.542. The molecule has 0 unspecified atom stereocenters. The number of halogens is 1. The van der Waals surface area contributed by atoms with Crippen molar-refractivity contribution in [2.45, 2.75) is 25.2 Å². The van der Waals surface area contributed by atoms with Gasteiger partial charge in [0, 0.05) is 29.9 Å². The highest BCUT2D eigenvalue weighted by atomic mass is 35.5. The summed E-state index contributed by atoms with van der Waals surface area (Å²) in [6.45, 7) is 1.25. The first-order chi connectivity index (χ1) is 15.2. The average Bonchev–Trinajstić information content (AvgIpc) is 3.13. The van der Waals surface area contributed by atoms with Gasteiger partial charge in [-0.05, 0) is 37.5 Å². The Balaban J connectivity index is 1.74. The Kier molecular flexibility index (Phi) is 5.19. The zero-order chi connectivity index (χ0) is 21.4. The van der Waals surface area contributed by atoms with Crippen molar-refractivity contribution in [3.05, 3.63) is 52.9 Å². The molecule has 0 saturated heterocycles. The fourth-order valence-corrected chi connectivity index (χ4v) is 4.62. The lowest BCUT2D eigenvalue weighted by Gasteiger charge is -2.24. The third kappa shape index (κ3) is 3.49. The molecule has 0 saturated carbocycles. The van der Waals surface area contributed by atoms with Crippen LogP contribution in [0.4, 0.5) is 11.4 Å². The Hall–Kier alpha value is -3.19. The highest BCUT2D eigenvalue weighted by Crippen LogP contribution is 2.45. The molecule has 160 valence electrons. The minimum atomic E-state index is -0.106. The van der Waals surface area contributed by atoms with Gasteiger partial charge in [0.05, 0.1) is 47.6 Å². The first-order valence-electron chi connectivity index (χ1n) is 10.4. The van der Waals surface area contributed by atoms with Crippen molar-refractivity contribution < 1.29 is 14.3 Å². The number of para-hydroxylation sites is 1. The summed E-state index contributed by atoms with van der Waals surface area (Å²) in [6, 6.07) is 7.38. The van der Waals surface area contributed by atoms with Gasteiger partial charge in [0.15, 0.2) is 5.75 Å². The molecule has 2 aliphatic heterocycles. The highest BCUT2D eigenvalue weighted by Gasteiger charge is 2.33. The standard InChI is InChI=1S/C23H23ClN4O3/c1-30-22-15(24)6-4-7-16(22)27-21-18-19-13(11-26-23(18)29)5-2-3-10-31-17-12-25-9-8-14(17)20(21)28-19/h4,6-9,12-13,27-28H,2-3,5,10-11H2,1H3,(H,26,29)/t13-/m0/s1. The van der Waals surface area contributed by atoms with E-state index in [1.807, 2.05) is 18.2 Å². The number of anilines is 2. The fourth-order valence-electron chi connectivity index (χ4n) is 4.37. The maximum absolute atomic E-state index is 13.0. The lowest BCUT2D eigenvalue weighted by molar-refractivity contribution is 0.0939. The fraction of sp³-hybridized carbons (Fsp3) is 0.304. The average molecular weight is 439 g/mol. The Morgan fingerprint density at radius 3 is 3.06 bits per heavy atom. The lowest BCUT2D eigenvalue weighted by atomic mass is 9.91. The Labute approximate surface area is 185 Å². The molecule has 0 radical (unpaired) electrons. The minimum Gasteiger partial charge on any atom is -0.493 e. The number of amides is 1. The Morgan fingerprint density at radius 2 is 2.19 bits per heavy atom. The van der Waals surface area contributed by atoms with Crippen molar-refractivity contribution in [2.24, 2.45) is 0 Å². The van der Waals surface area contributed by atoms with E-state index in [-0.39, 0.29) is 11.8 Å². The summed E-state index contributed by atoms with van der Waals surface area (Å²) >= 11 is 6.34. The number of carbonyl (C=O) groups is 1. The van der Waals surface area contributed by atoms with Crippen molar-refractivity contribution in [2.75, 3.05) is 25.6 Å². The largest absolute Gasteiger partial charge is 0.493 e. The van der Waals surface area contributed by atoms with Gasteiger partial charge < -0.3 is 25.1 Å². The molecule has 8 heteroatoms. The number of hydrogen-bond donors (Lipinski definition) is 3. The SMILES string of the molecule is COc1c(Cl)cccc1Nc1c2[nH]c3c1C(=O)NC[C@@H]3CCCCOc1cnccc1-2. The summed E-state index contributed by atoms with van der Waals surface area (Å²) in [5.41, 5.74) is 4.56. The monoisotopic (exact) mass is 438 g/mol. The second-order valence-corrected chi connectivity index (χ2v) is 8.14. The van der Waals surface area contributed by atoms with Crippen LogP contribution in [0.3, 0.4) is 0 Å². The summed E-state index contributed by atoms with van der Waals surface area (Å²) in [5, 5.41) is 6.97. The zero-order valence-electron chi connectivity index (χ0n) is 17.1. The second-order valence-electron chi connectivity index (χ2n) is 7.73. The number of benzene rings is 1. The van der Waals surface area contributed by atoms with Crippen LogP contribution in [0, 0.1) is 0 Å². The number of nitrogens with one attached hydrogen (secondary N) is 3. The number of aromatic nitrogens is 2. The van der Waals surface area contributed by atoms with Crippen LogP contribution in [0.1, 0.15) is 41.2 Å². The number of hydrogen-bond acceptors (Lipinski definition) is 5. The summed E-state index contributed by atoms with van der Waals surface area (Å²) < 4.78 is 11.6. The number of H-pyrrole nitrogens is 1. The number of carbonyl (C=O) groups excluding carboxylic acids is 1. The molecule has 3 N–H and O–H groups in total. The van der Waals surface area contributed by atoms with E-state index in [0.717, 1.165) is 36.2 Å². The molecule has 0 aliphatic carbocycles. The minimum absolute atomic E-state index is 0.106. The van der Waals surface area contributed by atoms with Gasteiger partial charge >= 0.3 is 0 Å². The van der Waals surface area contributed by atoms with Gasteiger partial charge in [-0.15, -0.1) is 0 Å². The molecule has 5 rings (SSSR count). The van der Waals surface area contributed by atoms with E-state index in [9.17, 15) is 4.79 Å². The number of nitrogens with zero attached hydrogens (tertiary/aromatic N) is 1. The normalized spacial score (nSPS) is 17.6. The predicted molar refractivity (Wildman–Crippen MR) is 120 cm³/mol. The molecule has 2 aromatic heterocycles. The summed E-state index contributed by atoms with van der Waals surface area (Å²) in [7, 11) is 1.57. The molecule has 0 fully saturated rings. The number of methoxy groups -OCH3 is 1. The van der Waals surface area contributed by atoms with Gasteiger partial charge in [0.2, 0.25) is 0 Å². The molecule has 7 nitrogen and oxygen atoms in total. The topological polar surface area (TPSA) is 88.3 Å². The molecule has 0 spiro atoms. The van der Waals surface area contributed by atoms with Crippen molar-refractivity contribution in [1.29, 1.82) is 0 Å². The molecule has 1 atom stereocenters. The third-order valence-electron chi connectivity index (χ3n) is 5.86. The van der Waals surface area contributed by atoms with E-state index in [0.29, 0.717) is 46.6 Å². The molecule has 31 heavy (non-hydrogen) atoms. The lowest BCUT2D eigenvalue weighted by Crippen LogP contribution is -2.35. The number of ether oxygens (including phenoxy) is 2. The molecule has 4 heterocycles. The Bertz CT molecular complexity index is 1140. The van der Waals surface area contributed by atoms with E-state index >= 15 is 0 Å². The van der Waals surface area contributed by atoms with E-state index in [1.54, 1.807) is 25.6 Å². The van der Waals surface area contributed by atoms with Crippen LogP contribution in [0.15, 0.2) is 36.7 Å². The Morgan fingerprint density at radius 1 is 1.29 bits per heavy atom. The molecule has 3 aromatic rings. The van der Waals surface area contributed by atoms with Crippen molar-refractivity contribution in [1.82, 2.24) is 15.3 Å². The van der Waals surface area contributed by atoms with Crippen LogP contribution < -0.4 is 20.1 Å². The zero-order valence-corrected chi connectivity index (χ0v) is 17.9. The van der Waals surface area contributed by atoms with Crippen molar-refractivity contribution in [3.8, 4) is 22.8 Å². The van der Waals surface area contributed by atoms with Gasteiger partial charge in [-0.25, -0.2) is 0 Å². The van der Waals surface area contributed by atoms with Gasteiger partial charge in [-0.1, -0.05) is 17.7 Å². The van der Waals surface area contributed by atoms with Crippen LogP contribution in [-0.4, -0.2) is 36.1 Å². The summed E-state index contributed by atoms with van der Waals surface area (Å²) in [6.07, 6.45) is 6.36. The van der Waals surface area contributed by atoms with E-state index in [1.165, 1.54) is 0 Å².